The first kappa shape index (κ1) is 87.3. The highest BCUT2D eigenvalue weighted by molar-refractivity contribution is 6.90. The quantitative estimate of drug-likeness (QED) is 0.0534. The summed E-state index contributed by atoms with van der Waals surface area (Å²) in [4.78, 5) is 0. The lowest BCUT2D eigenvalue weighted by molar-refractivity contribution is -0.659. The highest BCUT2D eigenvalue weighted by Gasteiger charge is 2.34. The Hall–Kier alpha value is -5.65. The fourth-order valence-corrected chi connectivity index (χ4v) is 25.9. The first-order valence-corrected chi connectivity index (χ1v) is 57.7. The molecule has 0 N–H and O–H groups in total. The van der Waals surface area contributed by atoms with E-state index in [0.29, 0.717) is 11.8 Å². The van der Waals surface area contributed by atoms with E-state index in [2.05, 4.69) is 330 Å². The van der Waals surface area contributed by atoms with Crippen LogP contribution in [0.15, 0.2) is 122 Å². The molecule has 4 heterocycles. The van der Waals surface area contributed by atoms with E-state index >= 15 is 0 Å². The number of aromatic nitrogens is 4. The second-order valence-corrected chi connectivity index (χ2v) is 60.8. The Morgan fingerprint density at radius 3 is 0.927 bits per heavy atom. The van der Waals surface area contributed by atoms with Crippen molar-refractivity contribution in [2.45, 2.75) is 320 Å². The minimum atomic E-state index is -1.38. The van der Waals surface area contributed by atoms with Gasteiger partial charge in [0.05, 0.1) is 32.3 Å². The van der Waals surface area contributed by atoms with Crippen molar-refractivity contribution in [3.8, 4) is 45.0 Å². The van der Waals surface area contributed by atoms with E-state index in [9.17, 15) is 0 Å². The molecule has 0 atom stereocenters. The lowest BCUT2D eigenvalue weighted by atomic mass is 9.84. The Labute approximate surface area is 672 Å². The molecule has 0 radical (unpaired) electrons. The summed E-state index contributed by atoms with van der Waals surface area (Å²) >= 11 is 0. The highest BCUT2D eigenvalue weighted by Crippen LogP contribution is 2.37. The summed E-state index contributed by atoms with van der Waals surface area (Å²) in [5.41, 5.74) is 29.0. The Kier molecular flexibility index (Phi) is 29.7. The van der Waals surface area contributed by atoms with Crippen LogP contribution in [0.1, 0.15) is 243 Å². The molecule has 0 spiro atoms. The Balaban J connectivity index is 0.000000168. The fraction of sp³-hybridized carbons (Fsp3) is 0.564. The highest BCUT2D eigenvalue weighted by atomic mass is 28.3. The number of hydrogen-bond acceptors (Lipinski definition) is 0. The van der Waals surface area contributed by atoms with Gasteiger partial charge < -0.3 is 0 Å². The van der Waals surface area contributed by atoms with E-state index in [1.165, 1.54) is 231 Å². The molecule has 4 saturated carbocycles. The molecule has 4 aromatic carbocycles. The molecule has 8 aromatic rings. The van der Waals surface area contributed by atoms with Crippen molar-refractivity contribution in [2.24, 2.45) is 51.9 Å². The van der Waals surface area contributed by atoms with Gasteiger partial charge in [0.2, 0.25) is 22.8 Å². The molecule has 12 rings (SSSR count). The number of aryl methyl sites for hydroxylation is 9. The van der Waals surface area contributed by atoms with Crippen molar-refractivity contribution in [1.82, 2.24) is 0 Å². The summed E-state index contributed by atoms with van der Waals surface area (Å²) < 4.78 is 9.54. The van der Waals surface area contributed by atoms with Crippen LogP contribution in [-0.4, -0.2) is 32.3 Å². The van der Waals surface area contributed by atoms with Gasteiger partial charge in [0.25, 0.3) is 0 Å². The lowest BCUT2D eigenvalue weighted by Crippen LogP contribution is -2.47. The zero-order valence-corrected chi connectivity index (χ0v) is 78.9. The van der Waals surface area contributed by atoms with Gasteiger partial charge in [-0.3, -0.25) is 0 Å². The summed E-state index contributed by atoms with van der Waals surface area (Å²) in [6.45, 7) is 57.2. The molecule has 0 unspecified atom stereocenters. The van der Waals surface area contributed by atoms with Gasteiger partial charge in [0, 0.05) is 67.3 Å². The largest absolute Gasteiger partial charge is 0.212 e. The van der Waals surface area contributed by atoms with Crippen molar-refractivity contribution >= 4 is 53.0 Å². The predicted octanol–water partition coefficient (Wildman–Crippen LogP) is 23.7. The van der Waals surface area contributed by atoms with Gasteiger partial charge in [-0.15, -0.1) is 0 Å². The van der Waals surface area contributed by atoms with Crippen LogP contribution >= 0.6 is 0 Å². The normalized spacial score (nSPS) is 15.7. The Morgan fingerprint density at radius 2 is 0.633 bits per heavy atom. The topological polar surface area (TPSA) is 15.5 Å². The number of rotatable bonds is 20. The maximum Gasteiger partial charge on any atom is 0.212 e. The maximum absolute atomic E-state index is 2.56. The fourth-order valence-electron chi connectivity index (χ4n) is 19.0. The summed E-state index contributed by atoms with van der Waals surface area (Å²) in [5, 5.41) is 6.60. The Bertz CT molecular complexity index is 4370. The van der Waals surface area contributed by atoms with Gasteiger partial charge in [0.1, 0.15) is 28.2 Å². The van der Waals surface area contributed by atoms with Crippen molar-refractivity contribution in [1.29, 1.82) is 0 Å². The van der Waals surface area contributed by atoms with Gasteiger partial charge in [-0.1, -0.05) is 284 Å². The van der Waals surface area contributed by atoms with Crippen LogP contribution in [0.4, 0.5) is 0 Å². The monoisotopic (exact) mass is 1540 g/mol. The number of benzene rings is 4. The number of nitrogens with zero attached hydrogens (tertiary/aromatic N) is 4. The smallest absolute Gasteiger partial charge is 0.201 e. The van der Waals surface area contributed by atoms with Crippen molar-refractivity contribution < 1.29 is 18.3 Å². The average Bonchev–Trinajstić information content (AvgIpc) is 1.41. The van der Waals surface area contributed by atoms with Crippen LogP contribution in [0.25, 0.3) is 45.0 Å². The number of hydrogen-bond donors (Lipinski definition) is 0. The summed E-state index contributed by atoms with van der Waals surface area (Å²) in [6.07, 6.45) is 40.2. The molecule has 590 valence electrons. The van der Waals surface area contributed by atoms with Crippen LogP contribution in [0, 0.1) is 58.3 Å². The molecule has 4 nitrogen and oxygen atoms in total. The van der Waals surface area contributed by atoms with Crippen LogP contribution in [0.3, 0.4) is 0 Å². The third kappa shape index (κ3) is 22.9. The average molecular weight is 1540 g/mol. The molecule has 4 fully saturated rings. The van der Waals surface area contributed by atoms with Gasteiger partial charge >= 0.3 is 0 Å². The molecule has 0 aliphatic heterocycles. The second kappa shape index (κ2) is 37.1. The van der Waals surface area contributed by atoms with Gasteiger partial charge in [-0.05, 0) is 200 Å². The molecule has 109 heavy (non-hydrogen) atoms. The van der Waals surface area contributed by atoms with Crippen LogP contribution in [0.2, 0.25) is 78.6 Å². The van der Waals surface area contributed by atoms with Crippen LogP contribution < -0.4 is 39.0 Å². The molecule has 0 amide bonds. The molecule has 4 aliphatic carbocycles. The summed E-state index contributed by atoms with van der Waals surface area (Å²) in [7, 11) is 3.47. The molecule has 4 aliphatic rings. The zero-order chi connectivity index (χ0) is 79.8. The van der Waals surface area contributed by atoms with E-state index in [4.69, 9.17) is 0 Å². The van der Waals surface area contributed by atoms with E-state index in [1.54, 1.807) is 43.0 Å². The third-order valence-electron chi connectivity index (χ3n) is 25.8. The van der Waals surface area contributed by atoms with E-state index < -0.39 is 32.3 Å². The van der Waals surface area contributed by atoms with Crippen LogP contribution in [-0.2, 0) is 59.3 Å². The molecule has 4 aromatic heterocycles. The molecule has 0 bridgehead atoms. The molecular weight excluding hydrogens is 1380 g/mol. The van der Waals surface area contributed by atoms with Crippen molar-refractivity contribution in [3.05, 3.63) is 189 Å². The first-order valence-electron chi connectivity index (χ1n) is 43.7. The molecule has 0 saturated heterocycles. The van der Waals surface area contributed by atoms with Crippen LogP contribution in [0.5, 0.6) is 0 Å². The second-order valence-electron chi connectivity index (χ2n) is 40.7. The summed E-state index contributed by atoms with van der Waals surface area (Å²) in [6, 6.07) is 38.2. The summed E-state index contributed by atoms with van der Waals surface area (Å²) in [5.74, 6) is 4.82. The van der Waals surface area contributed by atoms with E-state index in [1.807, 2.05) is 0 Å². The minimum absolute atomic E-state index is 0.173. The SMILES string of the molecule is CCC(CC)c1ccc(C)c(-c2cc(CC3CCCC3)c([Si](C)(C)C)c[n+]2C)c1.Cc1cc(C(C)C)ccc1-c1cc(CC2CCCC2)c([Si](C)(C)C)c[n+]1C.Cc1ccc(-c2cc(CC3CCCC3)c([Si](C)(C)C)c[n+]2C)c(C)c1.Cc1ccc(C(C)(C)C)cc1-c1cc(CC2CCCC2)c([Si](C)(C)C)c[n+]1C. The van der Waals surface area contributed by atoms with Gasteiger partial charge in [-0.25, -0.2) is 18.3 Å². The maximum atomic E-state index is 2.56. The third-order valence-corrected chi connectivity index (χ3v) is 34.1. The van der Waals surface area contributed by atoms with Gasteiger partial charge in [0.15, 0.2) is 24.8 Å². The van der Waals surface area contributed by atoms with Crippen molar-refractivity contribution in [2.75, 3.05) is 0 Å². The van der Waals surface area contributed by atoms with E-state index in [-0.39, 0.29) is 5.41 Å². The zero-order valence-electron chi connectivity index (χ0n) is 74.9. The molecular formula is C101H154N4Si4+4. The number of pyridine rings is 4. The van der Waals surface area contributed by atoms with E-state index in [0.717, 1.165) is 23.7 Å². The van der Waals surface area contributed by atoms with Crippen molar-refractivity contribution in [3.63, 3.8) is 0 Å². The predicted molar refractivity (Wildman–Crippen MR) is 487 cm³/mol. The molecule has 8 heteroatoms. The minimum Gasteiger partial charge on any atom is -0.201 e. The lowest BCUT2D eigenvalue weighted by Gasteiger charge is -2.23. The first-order chi connectivity index (χ1) is 51.1. The standard InChI is InChI=1S/C27H42NSi.C26H40NSi.C25H38NSi.C23H34NSi/c1-8-22(9-2)23-15-14-20(3)25(17-23)26-18-24(16-21-12-10-11-13-21)27(19-28(26)4)29(5,6)7;1-19-13-14-22(26(2,3)4)17-23(19)24-16-21(15-20-11-9-10-12-20)25(18-27(24)5)28(6,7)8;1-18(2)21-12-13-23(19(3)14-21)24-16-22(15-20-10-8-9-11-20)25(17-26(24)4)27(5,6)7;1-17-11-12-21(18(2)13-17)22-15-20(14-19-9-7-8-10-19)23(16-24(22)3)25(4,5)6/h14-15,17-19,21-22H,8-13,16H2,1-7H3;13-14,16-18,20H,9-12,15H2,1-8H3;12-14,16-18,20H,8-11,15H2,1-7H3;11-13,15-16,19H,7-10,14H2,1-6H3/q4*+1. The van der Waals surface area contributed by atoms with Gasteiger partial charge in [-0.2, -0.15) is 0 Å². The Morgan fingerprint density at radius 1 is 0.339 bits per heavy atom.